The second-order valence-corrected chi connectivity index (χ2v) is 15.7. The molecular weight excluding hydrogens is 703 g/mol. The average Bonchev–Trinajstić information content (AvgIpc) is 3.41. The van der Waals surface area contributed by atoms with Gasteiger partial charge in [0.1, 0.15) is 11.6 Å². The van der Waals surface area contributed by atoms with Crippen molar-refractivity contribution in [2.75, 3.05) is 19.0 Å². The summed E-state index contributed by atoms with van der Waals surface area (Å²) in [5.41, 5.74) is 2.75. The molecule has 0 heterocycles. The lowest BCUT2D eigenvalue weighted by Gasteiger charge is -2.46. The number of benzene rings is 4. The van der Waals surface area contributed by atoms with E-state index in [0.717, 1.165) is 23.1 Å². The third kappa shape index (κ3) is 8.72. The van der Waals surface area contributed by atoms with Gasteiger partial charge in [-0.3, -0.25) is 4.79 Å². The molecule has 4 unspecified atom stereocenters. The van der Waals surface area contributed by atoms with E-state index in [2.05, 4.69) is 25.2 Å². The van der Waals surface area contributed by atoms with Crippen molar-refractivity contribution in [2.24, 2.45) is 5.41 Å². The molecule has 0 spiro atoms. The lowest BCUT2D eigenvalue weighted by atomic mass is 9.64. The van der Waals surface area contributed by atoms with Gasteiger partial charge in [-0.05, 0) is 117 Å². The molecule has 4 aromatic rings. The van der Waals surface area contributed by atoms with Crippen LogP contribution in [0.3, 0.4) is 0 Å². The van der Waals surface area contributed by atoms with Gasteiger partial charge in [0.2, 0.25) is 0 Å². The van der Waals surface area contributed by atoms with Gasteiger partial charge in [-0.1, -0.05) is 78.7 Å². The summed E-state index contributed by atoms with van der Waals surface area (Å²) >= 11 is 6.39. The fourth-order valence-electron chi connectivity index (χ4n) is 8.39. The monoisotopic (exact) mass is 752 g/mol. The molecule has 0 aliphatic heterocycles. The van der Waals surface area contributed by atoms with Gasteiger partial charge in [0, 0.05) is 40.2 Å². The van der Waals surface area contributed by atoms with Crippen LogP contribution < -0.4 is 10.1 Å². The molecular formula is C45H50ClFN2O5. The maximum Gasteiger partial charge on any atom is 0.322 e. The van der Waals surface area contributed by atoms with Crippen LogP contribution in [0.5, 0.6) is 5.75 Å². The summed E-state index contributed by atoms with van der Waals surface area (Å²) in [6.45, 7) is 4.48. The van der Waals surface area contributed by atoms with Crippen molar-refractivity contribution < 1.29 is 28.9 Å². The number of ketones is 1. The molecule has 0 aromatic heterocycles. The van der Waals surface area contributed by atoms with E-state index in [-0.39, 0.29) is 47.8 Å². The number of carbonyl (C=O) groups is 2. The van der Waals surface area contributed by atoms with E-state index in [1.807, 2.05) is 48.5 Å². The summed E-state index contributed by atoms with van der Waals surface area (Å²) < 4.78 is 20.3. The average molecular weight is 753 g/mol. The number of allylic oxidation sites excluding steroid dienone is 2. The number of nitrogens with one attached hydrogen (secondary N) is 1. The minimum atomic E-state index is -1.34. The van der Waals surface area contributed by atoms with Crippen molar-refractivity contribution in [3.63, 3.8) is 0 Å². The Hall–Kier alpha value is -4.50. The van der Waals surface area contributed by atoms with Crippen molar-refractivity contribution in [1.29, 1.82) is 0 Å². The maximum atomic E-state index is 15.0. The van der Waals surface area contributed by atoms with Gasteiger partial charge in [-0.25, -0.2) is 9.18 Å². The number of anilines is 1. The number of amides is 2. The number of hydrogen-bond donors (Lipinski definition) is 3. The normalized spacial score (nSPS) is 22.8. The molecule has 3 aliphatic rings. The molecule has 3 N–H and O–H groups in total. The number of aliphatic hydroxyl groups excluding tert-OH is 1. The van der Waals surface area contributed by atoms with Gasteiger partial charge in [-0.15, -0.1) is 0 Å². The zero-order valence-corrected chi connectivity index (χ0v) is 32.0. The first-order valence-corrected chi connectivity index (χ1v) is 19.2. The summed E-state index contributed by atoms with van der Waals surface area (Å²) in [6.07, 6.45) is 5.25. The molecule has 9 heteroatoms. The molecule has 7 rings (SSSR count). The maximum absolute atomic E-state index is 15.0. The Labute approximate surface area is 322 Å². The zero-order valence-electron chi connectivity index (χ0n) is 31.3. The first-order chi connectivity index (χ1) is 25.9. The molecule has 0 radical (unpaired) electrons. The molecule has 1 fully saturated rings. The number of hydrogen-bond acceptors (Lipinski definition) is 5. The van der Waals surface area contributed by atoms with E-state index < -0.39 is 22.9 Å². The molecule has 4 atom stereocenters. The van der Waals surface area contributed by atoms with Crippen molar-refractivity contribution in [1.82, 2.24) is 4.90 Å². The molecule has 7 nitrogen and oxygen atoms in total. The predicted molar refractivity (Wildman–Crippen MR) is 212 cm³/mol. The minimum absolute atomic E-state index is 0.0535. The zero-order chi connectivity index (χ0) is 38.5. The minimum Gasteiger partial charge on any atom is -0.497 e. The number of Topliss-reactive ketones (excluding diaryl/α,β-unsaturated/α-hetero) is 1. The van der Waals surface area contributed by atoms with Gasteiger partial charge in [0.15, 0.2) is 5.78 Å². The van der Waals surface area contributed by atoms with E-state index in [9.17, 15) is 24.2 Å². The Balaban J connectivity index is 1.40. The van der Waals surface area contributed by atoms with Crippen molar-refractivity contribution in [2.45, 2.75) is 89.4 Å². The number of halogens is 2. The highest BCUT2D eigenvalue weighted by molar-refractivity contribution is 6.31. The van der Waals surface area contributed by atoms with E-state index in [4.69, 9.17) is 16.3 Å². The van der Waals surface area contributed by atoms with Gasteiger partial charge in [-0.2, -0.15) is 0 Å². The van der Waals surface area contributed by atoms with Crippen molar-refractivity contribution in [3.05, 3.63) is 141 Å². The number of rotatable bonds is 9. The smallest absolute Gasteiger partial charge is 0.322 e. The number of ether oxygens (including phenoxy) is 1. The van der Waals surface area contributed by atoms with Crippen molar-refractivity contribution in [3.8, 4) is 5.75 Å². The SMILES string of the molecule is COc1ccc(NC(=O)N(Cc2ccccc2)CC2(O)CCC3c4ccc(cc4C(=O)Cc4c(F)cccc4Cl)CC(O)CCC(C)=CCCC32C)cc1. The Bertz CT molecular complexity index is 1970. The lowest BCUT2D eigenvalue weighted by molar-refractivity contribution is -0.0773. The third-order valence-corrected chi connectivity index (χ3v) is 12.0. The van der Waals surface area contributed by atoms with Gasteiger partial charge in [0.05, 0.1) is 25.4 Å². The van der Waals surface area contributed by atoms with Crippen LogP contribution in [0.25, 0.3) is 0 Å². The Morgan fingerprint density at radius 3 is 2.48 bits per heavy atom. The van der Waals surface area contributed by atoms with E-state index in [1.165, 1.54) is 17.7 Å². The largest absolute Gasteiger partial charge is 0.497 e. The number of nitrogens with zero attached hydrogens (tertiary/aromatic N) is 1. The van der Waals surface area contributed by atoms with Crippen LogP contribution in [0.2, 0.25) is 5.02 Å². The highest BCUT2D eigenvalue weighted by Gasteiger charge is 2.57. The number of urea groups is 1. The Morgan fingerprint density at radius 2 is 1.76 bits per heavy atom. The highest BCUT2D eigenvalue weighted by Crippen LogP contribution is 2.59. The number of carbonyl (C=O) groups excluding carboxylic acids is 2. The summed E-state index contributed by atoms with van der Waals surface area (Å²) in [7, 11) is 1.59. The molecule has 3 aliphatic carbocycles. The molecule has 2 bridgehead atoms. The molecule has 1 saturated carbocycles. The van der Waals surface area contributed by atoms with E-state index in [1.54, 1.807) is 42.3 Å². The van der Waals surface area contributed by atoms with E-state index in [0.29, 0.717) is 55.5 Å². The standard InChI is InChI=1S/C45H50ClFN2O5/c1-30-9-8-23-44(2)39(36-21-15-32(25-34(50)18-14-30)26-37(36)42(51)27-38-40(46)12-7-13-41(38)47)22-24-45(44,53)29-49(28-31-10-5-4-6-11-31)43(52)48-33-16-19-35(54-3)20-17-33/h4-7,9-13,15-17,19-21,26,34,39,50,53H,8,14,18,22-25,27-29H2,1-3H3,(H,48,52). The highest BCUT2D eigenvalue weighted by atomic mass is 35.5. The fourth-order valence-corrected chi connectivity index (χ4v) is 8.62. The van der Waals surface area contributed by atoms with Gasteiger partial charge >= 0.3 is 6.03 Å². The number of fused-ring (bicyclic) bond motifs is 8. The molecule has 54 heavy (non-hydrogen) atoms. The van der Waals surface area contributed by atoms with Crippen LogP contribution in [0.4, 0.5) is 14.9 Å². The fraction of sp³-hybridized carbons (Fsp3) is 0.378. The van der Waals surface area contributed by atoms with Crippen LogP contribution in [0, 0.1) is 11.2 Å². The Morgan fingerprint density at radius 1 is 1.00 bits per heavy atom. The first kappa shape index (κ1) is 39.2. The molecule has 0 saturated heterocycles. The second kappa shape index (κ2) is 16.9. The van der Waals surface area contributed by atoms with Crippen LogP contribution in [0.1, 0.15) is 90.9 Å². The molecule has 284 valence electrons. The topological polar surface area (TPSA) is 99.1 Å². The second-order valence-electron chi connectivity index (χ2n) is 15.2. The summed E-state index contributed by atoms with van der Waals surface area (Å²) in [6, 6.07) is 26.6. The molecule has 4 aromatic carbocycles. The van der Waals surface area contributed by atoms with Crippen LogP contribution in [-0.2, 0) is 19.4 Å². The lowest BCUT2D eigenvalue weighted by Crippen LogP contribution is -2.54. The van der Waals surface area contributed by atoms with Crippen LogP contribution >= 0.6 is 11.6 Å². The van der Waals surface area contributed by atoms with Crippen LogP contribution in [0.15, 0.2) is 103 Å². The van der Waals surface area contributed by atoms with Crippen molar-refractivity contribution >= 4 is 29.1 Å². The predicted octanol–water partition coefficient (Wildman–Crippen LogP) is 9.69. The summed E-state index contributed by atoms with van der Waals surface area (Å²) in [4.78, 5) is 30.1. The summed E-state index contributed by atoms with van der Waals surface area (Å²) in [5.74, 6) is -0.416. The number of aliphatic hydroxyl groups is 2. The van der Waals surface area contributed by atoms with Gasteiger partial charge < -0.3 is 25.2 Å². The van der Waals surface area contributed by atoms with E-state index >= 15 is 0 Å². The summed E-state index contributed by atoms with van der Waals surface area (Å²) in [5, 5.41) is 27.2. The van der Waals surface area contributed by atoms with Crippen LogP contribution in [-0.4, -0.2) is 52.3 Å². The van der Waals surface area contributed by atoms with Gasteiger partial charge in [0.25, 0.3) is 0 Å². The Kier molecular flexibility index (Phi) is 12.3. The quantitative estimate of drug-likeness (QED) is 0.117. The third-order valence-electron chi connectivity index (χ3n) is 11.7. The molecule has 2 amide bonds. The first-order valence-electron chi connectivity index (χ1n) is 18.8. The number of methoxy groups -OCH3 is 1.